The van der Waals surface area contributed by atoms with Crippen LogP contribution in [0.25, 0.3) is 0 Å². The molecule has 2 N–H and O–H groups in total. The molecule has 0 radical (unpaired) electrons. The zero-order valence-corrected chi connectivity index (χ0v) is 9.97. The molecule has 0 bridgehead atoms. The summed E-state index contributed by atoms with van der Waals surface area (Å²) >= 11 is 0. The molecule has 0 saturated heterocycles. The molecule has 1 aromatic heterocycles. The number of ether oxygens (including phenoxy) is 1. The maximum absolute atomic E-state index is 9.45. The van der Waals surface area contributed by atoms with Gasteiger partial charge in [0, 0.05) is 38.6 Å². The molecule has 16 heavy (non-hydrogen) atoms. The highest BCUT2D eigenvalue weighted by Gasteiger charge is 2.06. The van der Waals surface area contributed by atoms with Crippen molar-refractivity contribution in [1.29, 1.82) is 0 Å². The average molecular weight is 227 g/mol. The van der Waals surface area contributed by atoms with Gasteiger partial charge in [0.25, 0.3) is 0 Å². The lowest BCUT2D eigenvalue weighted by Gasteiger charge is -2.16. The minimum absolute atomic E-state index is 0.357. The van der Waals surface area contributed by atoms with E-state index in [1.807, 2.05) is 16.9 Å². The fraction of sp³-hybridized carbons (Fsp3) is 0.727. The first kappa shape index (κ1) is 13.2. The van der Waals surface area contributed by atoms with Crippen molar-refractivity contribution in [2.24, 2.45) is 0 Å². The maximum Gasteiger partial charge on any atom is 0.0897 e. The van der Waals surface area contributed by atoms with Gasteiger partial charge in [0.15, 0.2) is 0 Å². The molecule has 0 spiro atoms. The van der Waals surface area contributed by atoms with Gasteiger partial charge in [-0.15, -0.1) is 0 Å². The van der Waals surface area contributed by atoms with Crippen molar-refractivity contribution >= 4 is 0 Å². The number of aryl methyl sites for hydroxylation is 1. The summed E-state index contributed by atoms with van der Waals surface area (Å²) in [7, 11) is 1.59. The quantitative estimate of drug-likeness (QED) is 0.669. The highest BCUT2D eigenvalue weighted by molar-refractivity contribution is 4.78. The van der Waals surface area contributed by atoms with Gasteiger partial charge in [-0.2, -0.15) is 5.10 Å². The third-order valence-corrected chi connectivity index (χ3v) is 2.41. The Morgan fingerprint density at radius 2 is 2.38 bits per heavy atom. The van der Waals surface area contributed by atoms with Crippen LogP contribution in [0.5, 0.6) is 0 Å². The summed E-state index contributed by atoms with van der Waals surface area (Å²) < 4.78 is 6.76. The van der Waals surface area contributed by atoms with Gasteiger partial charge >= 0.3 is 0 Å². The van der Waals surface area contributed by atoms with Crippen LogP contribution in [0.2, 0.25) is 0 Å². The minimum atomic E-state index is -0.433. The zero-order valence-electron chi connectivity index (χ0n) is 9.97. The maximum atomic E-state index is 9.45. The van der Waals surface area contributed by atoms with Gasteiger partial charge in [-0.3, -0.25) is 4.68 Å². The van der Waals surface area contributed by atoms with E-state index in [0.29, 0.717) is 19.2 Å². The number of aliphatic hydroxyl groups excluding tert-OH is 1. The van der Waals surface area contributed by atoms with Gasteiger partial charge in [-0.1, -0.05) is 0 Å². The van der Waals surface area contributed by atoms with Crippen molar-refractivity contribution in [2.75, 3.05) is 20.3 Å². The van der Waals surface area contributed by atoms with Gasteiger partial charge < -0.3 is 15.2 Å². The lowest BCUT2D eigenvalue weighted by Crippen LogP contribution is -2.36. The molecule has 5 nitrogen and oxygen atoms in total. The Hall–Kier alpha value is -0.910. The van der Waals surface area contributed by atoms with E-state index in [1.165, 1.54) is 0 Å². The molecule has 1 rings (SSSR count). The molecule has 5 heteroatoms. The Bertz CT molecular complexity index is 264. The first-order valence-electron chi connectivity index (χ1n) is 5.60. The second kappa shape index (κ2) is 7.38. The molecule has 0 amide bonds. The normalized spacial score (nSPS) is 14.9. The fourth-order valence-corrected chi connectivity index (χ4v) is 1.45. The van der Waals surface area contributed by atoms with E-state index in [1.54, 1.807) is 13.3 Å². The molecule has 0 aliphatic rings. The summed E-state index contributed by atoms with van der Waals surface area (Å²) in [4.78, 5) is 0. The van der Waals surface area contributed by atoms with Crippen LogP contribution in [-0.4, -0.2) is 47.3 Å². The molecule has 1 aromatic rings. The summed E-state index contributed by atoms with van der Waals surface area (Å²) in [6.45, 7) is 3.93. The number of rotatable bonds is 8. The zero-order chi connectivity index (χ0) is 11.8. The van der Waals surface area contributed by atoms with E-state index < -0.39 is 6.10 Å². The molecule has 0 aromatic carbocycles. The SMILES string of the molecule is COCC(O)CNC(C)CCn1cccn1. The van der Waals surface area contributed by atoms with E-state index in [-0.39, 0.29) is 0 Å². The molecule has 1 heterocycles. The van der Waals surface area contributed by atoms with E-state index in [2.05, 4.69) is 17.3 Å². The molecule has 2 atom stereocenters. The number of aliphatic hydroxyl groups is 1. The third kappa shape index (κ3) is 5.25. The van der Waals surface area contributed by atoms with Crippen molar-refractivity contribution in [2.45, 2.75) is 32.0 Å². The van der Waals surface area contributed by atoms with E-state index in [4.69, 9.17) is 4.74 Å². The van der Waals surface area contributed by atoms with Gasteiger partial charge in [-0.05, 0) is 19.4 Å². The summed E-state index contributed by atoms with van der Waals surface area (Å²) in [6.07, 6.45) is 4.28. The Morgan fingerprint density at radius 1 is 1.56 bits per heavy atom. The molecule has 0 saturated carbocycles. The van der Waals surface area contributed by atoms with Crippen LogP contribution in [0.1, 0.15) is 13.3 Å². The largest absolute Gasteiger partial charge is 0.389 e. The number of nitrogens with one attached hydrogen (secondary N) is 1. The van der Waals surface area contributed by atoms with Gasteiger partial charge in [0.1, 0.15) is 0 Å². The monoisotopic (exact) mass is 227 g/mol. The van der Waals surface area contributed by atoms with E-state index in [0.717, 1.165) is 13.0 Å². The number of nitrogens with zero attached hydrogens (tertiary/aromatic N) is 2. The van der Waals surface area contributed by atoms with Crippen LogP contribution in [0.4, 0.5) is 0 Å². The van der Waals surface area contributed by atoms with Gasteiger partial charge in [-0.25, -0.2) is 0 Å². The van der Waals surface area contributed by atoms with Crippen LogP contribution in [0.3, 0.4) is 0 Å². The van der Waals surface area contributed by atoms with Crippen molar-refractivity contribution in [3.05, 3.63) is 18.5 Å². The summed E-state index contributed by atoms with van der Waals surface area (Å²) in [6, 6.07) is 2.27. The molecular weight excluding hydrogens is 206 g/mol. The Balaban J connectivity index is 2.09. The highest BCUT2D eigenvalue weighted by Crippen LogP contribution is 1.95. The minimum Gasteiger partial charge on any atom is -0.389 e. The van der Waals surface area contributed by atoms with E-state index in [9.17, 15) is 5.11 Å². The van der Waals surface area contributed by atoms with Crippen molar-refractivity contribution < 1.29 is 9.84 Å². The number of methoxy groups -OCH3 is 1. The second-order valence-corrected chi connectivity index (χ2v) is 3.98. The second-order valence-electron chi connectivity index (χ2n) is 3.98. The lowest BCUT2D eigenvalue weighted by molar-refractivity contribution is 0.0628. The van der Waals surface area contributed by atoms with Crippen molar-refractivity contribution in [3.8, 4) is 0 Å². The molecule has 0 fully saturated rings. The average Bonchev–Trinajstić information content (AvgIpc) is 2.77. The highest BCUT2D eigenvalue weighted by atomic mass is 16.5. The molecular formula is C11H21N3O2. The van der Waals surface area contributed by atoms with Gasteiger partial charge in [0.2, 0.25) is 0 Å². The first-order valence-corrected chi connectivity index (χ1v) is 5.60. The number of hydrogen-bond acceptors (Lipinski definition) is 4. The van der Waals surface area contributed by atoms with Crippen LogP contribution in [-0.2, 0) is 11.3 Å². The van der Waals surface area contributed by atoms with E-state index >= 15 is 0 Å². The Kier molecular flexibility index (Phi) is 6.07. The van der Waals surface area contributed by atoms with Crippen LogP contribution < -0.4 is 5.32 Å². The molecule has 0 aliphatic heterocycles. The predicted octanol–water partition coefficient (Wildman–Crippen LogP) is 0.259. The number of aromatic nitrogens is 2. The van der Waals surface area contributed by atoms with Crippen LogP contribution in [0.15, 0.2) is 18.5 Å². The van der Waals surface area contributed by atoms with Gasteiger partial charge in [0.05, 0.1) is 12.7 Å². The summed E-state index contributed by atoms with van der Waals surface area (Å²) in [5.74, 6) is 0. The Labute approximate surface area is 96.4 Å². The summed E-state index contributed by atoms with van der Waals surface area (Å²) in [5.41, 5.74) is 0. The topological polar surface area (TPSA) is 59.3 Å². The molecule has 0 aliphatic carbocycles. The van der Waals surface area contributed by atoms with Crippen molar-refractivity contribution in [1.82, 2.24) is 15.1 Å². The predicted molar refractivity (Wildman–Crippen MR) is 62.2 cm³/mol. The first-order chi connectivity index (χ1) is 7.72. The molecule has 2 unspecified atom stereocenters. The lowest BCUT2D eigenvalue weighted by atomic mass is 10.2. The summed E-state index contributed by atoms with van der Waals surface area (Å²) in [5, 5.41) is 16.8. The standard InChI is InChI=1S/C11H21N3O2/c1-10(12-8-11(15)9-16-2)4-7-14-6-3-5-13-14/h3,5-6,10-12,15H,4,7-9H2,1-2H3. The van der Waals surface area contributed by atoms with Crippen LogP contribution >= 0.6 is 0 Å². The fourth-order valence-electron chi connectivity index (χ4n) is 1.45. The Morgan fingerprint density at radius 3 is 3.00 bits per heavy atom. The smallest absolute Gasteiger partial charge is 0.0897 e. The molecule has 92 valence electrons. The number of hydrogen-bond donors (Lipinski definition) is 2. The van der Waals surface area contributed by atoms with Crippen molar-refractivity contribution in [3.63, 3.8) is 0 Å². The third-order valence-electron chi connectivity index (χ3n) is 2.41. The van der Waals surface area contributed by atoms with Crippen LogP contribution in [0, 0.1) is 0 Å².